The topological polar surface area (TPSA) is 122 Å². The average molecular weight is 779 g/mol. The molecule has 0 spiro atoms. The van der Waals surface area contributed by atoms with Gasteiger partial charge in [-0.05, 0) is 92.3 Å². The van der Waals surface area contributed by atoms with E-state index in [9.17, 15) is 19.5 Å². The number of fused-ring (bicyclic) bond motifs is 5. The summed E-state index contributed by atoms with van der Waals surface area (Å²) in [6.07, 6.45) is 11.4. The van der Waals surface area contributed by atoms with Gasteiger partial charge in [0.05, 0.1) is 35.2 Å². The molecule has 10 nitrogen and oxygen atoms in total. The Morgan fingerprint density at radius 2 is 1.78 bits per heavy atom. The fourth-order valence-electron chi connectivity index (χ4n) is 10.4. The highest BCUT2D eigenvalue weighted by molar-refractivity contribution is 7.22. The van der Waals surface area contributed by atoms with Crippen LogP contribution in [0.2, 0.25) is 5.02 Å². The van der Waals surface area contributed by atoms with Crippen molar-refractivity contribution in [3.63, 3.8) is 0 Å². The lowest BCUT2D eigenvalue weighted by atomic mass is 9.52. The molecule has 2 aromatic heterocycles. The Balaban J connectivity index is 1.12. The van der Waals surface area contributed by atoms with E-state index >= 15 is 4.79 Å². The number of phenols is 1. The number of imide groups is 2. The summed E-state index contributed by atoms with van der Waals surface area (Å²) >= 11 is 7.91. The molecule has 12 heteroatoms. The number of aryl methyl sites for hydroxylation is 2. The molecule has 0 bridgehead atoms. The summed E-state index contributed by atoms with van der Waals surface area (Å²) in [5, 5.41) is 16.8. The monoisotopic (exact) mass is 778 g/mol. The zero-order valence-electron chi connectivity index (χ0n) is 31.3. The molecule has 284 valence electrons. The third-order valence-corrected chi connectivity index (χ3v) is 14.8. The smallest absolute Gasteiger partial charge is 0.242 e. The largest absolute Gasteiger partial charge is 0.504 e. The summed E-state index contributed by atoms with van der Waals surface area (Å²) in [5.41, 5.74) is 2.16. The molecule has 9 rings (SSSR count). The zero-order valence-corrected chi connectivity index (χ0v) is 32.8. The van der Waals surface area contributed by atoms with Crippen molar-refractivity contribution in [3.05, 3.63) is 76.3 Å². The lowest BCUT2D eigenvalue weighted by Crippen LogP contribution is -2.49. The molecular formula is C43H43ClN4O6S. The van der Waals surface area contributed by atoms with E-state index in [2.05, 4.69) is 6.08 Å². The van der Waals surface area contributed by atoms with Crippen LogP contribution in [0.15, 0.2) is 60.2 Å². The second-order valence-corrected chi connectivity index (χ2v) is 17.5. The predicted molar refractivity (Wildman–Crippen MR) is 212 cm³/mol. The van der Waals surface area contributed by atoms with Crippen LogP contribution in [0, 0.1) is 41.9 Å². The van der Waals surface area contributed by atoms with Gasteiger partial charge in [-0.3, -0.25) is 28.8 Å². The van der Waals surface area contributed by atoms with Gasteiger partial charge >= 0.3 is 0 Å². The molecule has 2 aromatic carbocycles. The molecular weight excluding hydrogens is 736 g/mol. The maximum atomic E-state index is 15.1. The minimum absolute atomic E-state index is 0.00904. The van der Waals surface area contributed by atoms with Gasteiger partial charge in [0.25, 0.3) is 0 Å². The van der Waals surface area contributed by atoms with Crippen LogP contribution in [0.4, 0.5) is 5.82 Å². The van der Waals surface area contributed by atoms with Gasteiger partial charge in [-0.1, -0.05) is 60.7 Å². The molecule has 4 fully saturated rings. The molecule has 2 saturated carbocycles. The Morgan fingerprint density at radius 1 is 1.00 bits per heavy atom. The van der Waals surface area contributed by atoms with Crippen LogP contribution >= 0.6 is 22.9 Å². The fourth-order valence-corrected chi connectivity index (χ4v) is 11.7. The number of aromatic hydroxyl groups is 1. The van der Waals surface area contributed by atoms with Crippen LogP contribution in [-0.2, 0) is 26.2 Å². The Hall–Kier alpha value is -4.74. The van der Waals surface area contributed by atoms with Crippen LogP contribution in [0.25, 0.3) is 26.7 Å². The molecule has 55 heavy (non-hydrogen) atoms. The number of benzene rings is 2. The summed E-state index contributed by atoms with van der Waals surface area (Å²) < 4.78 is 8.02. The predicted octanol–water partition coefficient (Wildman–Crippen LogP) is 8.09. The van der Waals surface area contributed by atoms with Crippen molar-refractivity contribution in [1.82, 2.24) is 14.7 Å². The Morgan fingerprint density at radius 3 is 2.55 bits per heavy atom. The van der Waals surface area contributed by atoms with Gasteiger partial charge in [0, 0.05) is 34.8 Å². The first kappa shape index (κ1) is 35.9. The van der Waals surface area contributed by atoms with Crippen LogP contribution in [0.5, 0.6) is 11.5 Å². The van der Waals surface area contributed by atoms with E-state index in [0.29, 0.717) is 35.1 Å². The molecule has 4 amide bonds. The van der Waals surface area contributed by atoms with Crippen LogP contribution < -0.4 is 9.64 Å². The first-order chi connectivity index (χ1) is 26.4. The molecule has 2 aliphatic heterocycles. The number of methoxy groups -OCH3 is 1. The van der Waals surface area contributed by atoms with Crippen molar-refractivity contribution < 1.29 is 29.0 Å². The van der Waals surface area contributed by atoms with Crippen molar-refractivity contribution in [2.45, 2.75) is 64.8 Å². The van der Waals surface area contributed by atoms with Gasteiger partial charge in [0.2, 0.25) is 23.6 Å². The number of thiophene rings is 1. The van der Waals surface area contributed by atoms with Crippen molar-refractivity contribution >= 4 is 68.5 Å². The molecule has 5 aliphatic rings. The lowest BCUT2D eigenvalue weighted by Gasteiger charge is -2.48. The van der Waals surface area contributed by atoms with E-state index in [0.717, 1.165) is 63.8 Å². The number of hydrogen-bond acceptors (Lipinski definition) is 8. The normalized spacial score (nSPS) is 28.3. The highest BCUT2D eigenvalue weighted by Crippen LogP contribution is 2.61. The maximum absolute atomic E-state index is 15.1. The highest BCUT2D eigenvalue weighted by atomic mass is 35.5. The Bertz CT molecular complexity index is 2370. The van der Waals surface area contributed by atoms with Crippen LogP contribution in [0.3, 0.4) is 0 Å². The SMILES string of the molecule is COc1cc(C=CC2C3=CCC4C(=O)N(C5CCCCC5)C(=O)C4C3CC3C(=O)N(c4cc(-c5sc6ccc(Cl)cc6c5C)nn4C)C(=O)C23C)ccc1O. The molecule has 4 aromatic rings. The quantitative estimate of drug-likeness (QED) is 0.155. The molecule has 2 saturated heterocycles. The van der Waals surface area contributed by atoms with E-state index < -0.39 is 29.1 Å². The minimum Gasteiger partial charge on any atom is -0.504 e. The van der Waals surface area contributed by atoms with Gasteiger partial charge in [-0.2, -0.15) is 5.10 Å². The number of nitrogens with zero attached hydrogens (tertiary/aromatic N) is 4. The standard InChI is InChI=1S/C43H43ClN4O6S/c1-22-28-19-24(44)12-17-35(28)55-38(22)32-21-36(46(3)45-32)48-40(51)31-20-29-26(13-14-27-37(29)41(52)47(39(27)50)25-8-6-5-7-9-25)30(43(31,2)42(48)53)15-10-23-11-16-33(49)34(18-23)54-4/h10-13,15-19,21,25,27,29-31,37,49H,5-9,14,20H2,1-4H3. The number of allylic oxidation sites excluding steroid dienone is 3. The van der Waals surface area contributed by atoms with Crippen LogP contribution in [-0.4, -0.2) is 56.6 Å². The fraction of sp³-hybridized carbons (Fsp3) is 0.419. The number of hydrogen-bond donors (Lipinski definition) is 1. The van der Waals surface area contributed by atoms with E-state index in [1.807, 2.05) is 50.3 Å². The molecule has 1 N–H and O–H groups in total. The number of phenolic OH excluding ortho intramolecular Hbond substituents is 1. The Labute approximate surface area is 328 Å². The molecule has 4 heterocycles. The summed E-state index contributed by atoms with van der Waals surface area (Å²) in [5.74, 6) is -2.89. The first-order valence-corrected chi connectivity index (χ1v) is 20.3. The number of carbonyl (C=O) groups excluding carboxylic acids is 4. The molecule has 3 aliphatic carbocycles. The van der Waals surface area contributed by atoms with Crippen molar-refractivity contribution in [3.8, 4) is 22.1 Å². The van der Waals surface area contributed by atoms with Gasteiger partial charge in [0.1, 0.15) is 11.5 Å². The second-order valence-electron chi connectivity index (χ2n) is 16.0. The van der Waals surface area contributed by atoms with Gasteiger partial charge in [-0.15, -0.1) is 11.3 Å². The number of likely N-dealkylation sites (tertiary alicyclic amines) is 1. The molecule has 0 radical (unpaired) electrons. The van der Waals surface area contributed by atoms with Gasteiger partial charge < -0.3 is 9.84 Å². The number of rotatable bonds is 6. The Kier molecular flexibility index (Phi) is 8.62. The van der Waals surface area contributed by atoms with Gasteiger partial charge in [-0.25, -0.2) is 4.90 Å². The van der Waals surface area contributed by atoms with E-state index in [4.69, 9.17) is 21.4 Å². The van der Waals surface area contributed by atoms with E-state index in [-0.39, 0.29) is 41.3 Å². The van der Waals surface area contributed by atoms with Crippen molar-refractivity contribution in [2.24, 2.45) is 42.1 Å². The van der Waals surface area contributed by atoms with Gasteiger partial charge in [0.15, 0.2) is 11.5 Å². The summed E-state index contributed by atoms with van der Waals surface area (Å²) in [4.78, 5) is 62.2. The average Bonchev–Trinajstić information content (AvgIpc) is 3.85. The number of ether oxygens (including phenoxy) is 1. The second kappa shape index (κ2) is 13.2. The summed E-state index contributed by atoms with van der Waals surface area (Å²) in [6, 6.07) is 12.5. The number of halogens is 1. The van der Waals surface area contributed by atoms with E-state index in [1.54, 1.807) is 46.2 Å². The number of amides is 4. The van der Waals surface area contributed by atoms with Crippen LogP contribution in [0.1, 0.15) is 63.0 Å². The summed E-state index contributed by atoms with van der Waals surface area (Å²) in [7, 11) is 3.23. The number of aromatic nitrogens is 2. The maximum Gasteiger partial charge on any atom is 0.242 e. The van der Waals surface area contributed by atoms with E-state index in [1.165, 1.54) is 12.0 Å². The third kappa shape index (κ3) is 5.36. The summed E-state index contributed by atoms with van der Waals surface area (Å²) in [6.45, 7) is 3.90. The highest BCUT2D eigenvalue weighted by Gasteiger charge is 2.67. The third-order valence-electron chi connectivity index (χ3n) is 13.2. The van der Waals surface area contributed by atoms with Crippen molar-refractivity contribution in [2.75, 3.05) is 12.0 Å². The first-order valence-electron chi connectivity index (χ1n) is 19.2. The number of anilines is 1. The lowest BCUT2D eigenvalue weighted by molar-refractivity contribution is -0.144. The molecule has 6 unspecified atom stereocenters. The molecule has 6 atom stereocenters. The zero-order chi connectivity index (χ0) is 38.5. The number of carbonyl (C=O) groups is 4. The van der Waals surface area contributed by atoms with Crippen molar-refractivity contribution in [1.29, 1.82) is 0 Å². The minimum atomic E-state index is -1.19.